The average molecular weight is 360 g/mol. The number of carbonyl (C=O) groups is 1. The average Bonchev–Trinajstić information content (AvgIpc) is 3.11. The fraction of sp³-hybridized carbons (Fsp3) is 0.100. The van der Waals surface area contributed by atoms with Gasteiger partial charge in [-0.3, -0.25) is 9.78 Å². The van der Waals surface area contributed by atoms with Crippen molar-refractivity contribution in [3.63, 3.8) is 0 Å². The van der Waals surface area contributed by atoms with Crippen molar-refractivity contribution in [2.75, 3.05) is 0 Å². The van der Waals surface area contributed by atoms with Crippen LogP contribution in [0.5, 0.6) is 0 Å². The van der Waals surface area contributed by atoms with Gasteiger partial charge in [-0.05, 0) is 31.2 Å². The fourth-order valence-electron chi connectivity index (χ4n) is 2.77. The summed E-state index contributed by atoms with van der Waals surface area (Å²) in [6, 6.07) is 13.3. The van der Waals surface area contributed by atoms with E-state index in [2.05, 4.69) is 15.3 Å². The van der Waals surface area contributed by atoms with Crippen molar-refractivity contribution in [1.29, 1.82) is 0 Å². The van der Waals surface area contributed by atoms with Crippen LogP contribution in [0, 0.1) is 6.92 Å². The third-order valence-electron chi connectivity index (χ3n) is 4.00. The van der Waals surface area contributed by atoms with Crippen molar-refractivity contribution in [3.8, 4) is 11.3 Å². The van der Waals surface area contributed by atoms with E-state index in [1.165, 1.54) is 0 Å². The minimum absolute atomic E-state index is 0.133. The van der Waals surface area contributed by atoms with Gasteiger partial charge >= 0.3 is 0 Å². The van der Waals surface area contributed by atoms with Crippen LogP contribution in [0.15, 0.2) is 60.2 Å². The fourth-order valence-corrected chi connectivity index (χ4v) is 3.48. The summed E-state index contributed by atoms with van der Waals surface area (Å²) in [5, 5.41) is 6.67. The molecule has 0 saturated carbocycles. The highest BCUT2D eigenvalue weighted by Crippen LogP contribution is 2.24. The lowest BCUT2D eigenvalue weighted by atomic mass is 10.0. The lowest BCUT2D eigenvalue weighted by Gasteiger charge is -2.10. The van der Waals surface area contributed by atoms with E-state index in [-0.39, 0.29) is 5.91 Å². The SMILES string of the molecule is Cc1csc(CNC(=O)c2cc(-c3ccncc3)nc3ccccc23)n1. The molecule has 4 aromatic rings. The quantitative estimate of drug-likeness (QED) is 0.597. The van der Waals surface area contributed by atoms with Crippen LogP contribution in [0.3, 0.4) is 0 Å². The first-order chi connectivity index (χ1) is 12.7. The number of fused-ring (bicyclic) bond motifs is 1. The van der Waals surface area contributed by atoms with Gasteiger partial charge in [0.05, 0.1) is 23.3 Å². The number of para-hydroxylation sites is 1. The molecule has 6 heteroatoms. The predicted molar refractivity (Wildman–Crippen MR) is 103 cm³/mol. The Balaban J connectivity index is 1.71. The van der Waals surface area contributed by atoms with E-state index < -0.39 is 0 Å². The molecule has 0 radical (unpaired) electrons. The van der Waals surface area contributed by atoms with Gasteiger partial charge in [0.1, 0.15) is 5.01 Å². The Morgan fingerprint density at radius 3 is 2.69 bits per heavy atom. The standard InChI is InChI=1S/C20H16N4OS/c1-13-12-26-19(23-13)11-22-20(25)16-10-18(14-6-8-21-9-7-14)24-17-5-3-2-4-15(16)17/h2-10,12H,11H2,1H3,(H,22,25). The van der Waals surface area contributed by atoms with E-state index in [4.69, 9.17) is 4.98 Å². The van der Waals surface area contributed by atoms with Gasteiger partial charge in [-0.25, -0.2) is 9.97 Å². The predicted octanol–water partition coefficient (Wildman–Crippen LogP) is 3.99. The summed E-state index contributed by atoms with van der Waals surface area (Å²) in [4.78, 5) is 26.0. The molecule has 0 fully saturated rings. The van der Waals surface area contributed by atoms with E-state index in [0.717, 1.165) is 32.9 Å². The van der Waals surface area contributed by atoms with Crippen LogP contribution in [0.4, 0.5) is 0 Å². The number of thiazole rings is 1. The Bertz CT molecular complexity index is 1080. The maximum absolute atomic E-state index is 12.8. The molecule has 1 aromatic carbocycles. The molecule has 0 saturated heterocycles. The number of nitrogens with one attached hydrogen (secondary N) is 1. The Morgan fingerprint density at radius 1 is 1.12 bits per heavy atom. The molecule has 0 atom stereocenters. The number of carbonyl (C=O) groups excluding carboxylic acids is 1. The van der Waals surface area contributed by atoms with Crippen LogP contribution in [-0.2, 0) is 6.54 Å². The van der Waals surface area contributed by atoms with Crippen molar-refractivity contribution in [3.05, 3.63) is 76.5 Å². The summed E-state index contributed by atoms with van der Waals surface area (Å²) in [6.07, 6.45) is 3.44. The number of hydrogen-bond donors (Lipinski definition) is 1. The van der Waals surface area contributed by atoms with Crippen molar-refractivity contribution in [1.82, 2.24) is 20.3 Å². The van der Waals surface area contributed by atoms with Gasteiger partial charge < -0.3 is 5.32 Å². The minimum Gasteiger partial charge on any atom is -0.346 e. The minimum atomic E-state index is -0.133. The first kappa shape index (κ1) is 16.4. The highest BCUT2D eigenvalue weighted by molar-refractivity contribution is 7.09. The molecule has 5 nitrogen and oxygen atoms in total. The molecular formula is C20H16N4OS. The zero-order valence-electron chi connectivity index (χ0n) is 14.1. The van der Waals surface area contributed by atoms with Crippen molar-refractivity contribution < 1.29 is 4.79 Å². The number of nitrogens with zero attached hydrogens (tertiary/aromatic N) is 3. The number of aryl methyl sites for hydroxylation is 1. The van der Waals surface area contributed by atoms with Gasteiger partial charge in [-0.2, -0.15) is 0 Å². The second-order valence-electron chi connectivity index (χ2n) is 5.87. The van der Waals surface area contributed by atoms with E-state index in [1.807, 2.05) is 54.8 Å². The smallest absolute Gasteiger partial charge is 0.252 e. The molecular weight excluding hydrogens is 344 g/mol. The normalized spacial score (nSPS) is 10.8. The van der Waals surface area contributed by atoms with Gasteiger partial charge in [0.15, 0.2) is 0 Å². The largest absolute Gasteiger partial charge is 0.346 e. The molecule has 0 bridgehead atoms. The van der Waals surface area contributed by atoms with Crippen molar-refractivity contribution >= 4 is 28.1 Å². The van der Waals surface area contributed by atoms with Crippen LogP contribution >= 0.6 is 11.3 Å². The second-order valence-corrected chi connectivity index (χ2v) is 6.82. The molecule has 1 N–H and O–H groups in total. The van der Waals surface area contributed by atoms with Crippen LogP contribution in [-0.4, -0.2) is 20.9 Å². The molecule has 128 valence electrons. The third-order valence-corrected chi connectivity index (χ3v) is 4.97. The molecule has 0 spiro atoms. The van der Waals surface area contributed by atoms with E-state index >= 15 is 0 Å². The monoisotopic (exact) mass is 360 g/mol. The molecule has 3 aromatic heterocycles. The van der Waals surface area contributed by atoms with Gasteiger partial charge in [-0.15, -0.1) is 11.3 Å². The number of amides is 1. The Kier molecular flexibility index (Phi) is 4.41. The zero-order chi connectivity index (χ0) is 17.9. The first-order valence-electron chi connectivity index (χ1n) is 8.20. The number of aromatic nitrogens is 3. The van der Waals surface area contributed by atoms with Crippen LogP contribution in [0.2, 0.25) is 0 Å². The van der Waals surface area contributed by atoms with E-state index in [0.29, 0.717) is 12.1 Å². The second kappa shape index (κ2) is 7.01. The van der Waals surface area contributed by atoms with Gasteiger partial charge in [0, 0.05) is 34.4 Å². The molecule has 0 aliphatic heterocycles. The first-order valence-corrected chi connectivity index (χ1v) is 9.08. The zero-order valence-corrected chi connectivity index (χ0v) is 15.0. The summed E-state index contributed by atoms with van der Waals surface area (Å²) in [5.41, 5.74) is 4.04. The van der Waals surface area contributed by atoms with Crippen LogP contribution in [0.25, 0.3) is 22.2 Å². The van der Waals surface area contributed by atoms with Crippen LogP contribution < -0.4 is 5.32 Å². The number of hydrogen-bond acceptors (Lipinski definition) is 5. The third kappa shape index (κ3) is 3.32. The number of rotatable bonds is 4. The van der Waals surface area contributed by atoms with E-state index in [9.17, 15) is 4.79 Å². The molecule has 1 amide bonds. The maximum Gasteiger partial charge on any atom is 0.252 e. The van der Waals surface area contributed by atoms with Gasteiger partial charge in [0.2, 0.25) is 0 Å². The molecule has 0 aliphatic rings. The molecule has 0 aliphatic carbocycles. The lowest BCUT2D eigenvalue weighted by molar-refractivity contribution is 0.0952. The summed E-state index contributed by atoms with van der Waals surface area (Å²) in [6.45, 7) is 2.36. The maximum atomic E-state index is 12.8. The summed E-state index contributed by atoms with van der Waals surface area (Å²) in [7, 11) is 0. The summed E-state index contributed by atoms with van der Waals surface area (Å²) >= 11 is 1.55. The van der Waals surface area contributed by atoms with Gasteiger partial charge in [0.25, 0.3) is 5.91 Å². The molecule has 26 heavy (non-hydrogen) atoms. The van der Waals surface area contributed by atoms with Crippen molar-refractivity contribution in [2.24, 2.45) is 0 Å². The number of benzene rings is 1. The summed E-state index contributed by atoms with van der Waals surface area (Å²) < 4.78 is 0. The van der Waals surface area contributed by atoms with Gasteiger partial charge in [-0.1, -0.05) is 18.2 Å². The van der Waals surface area contributed by atoms with Crippen LogP contribution in [0.1, 0.15) is 21.1 Å². The van der Waals surface area contributed by atoms with E-state index in [1.54, 1.807) is 23.7 Å². The Labute approximate surface area is 154 Å². The molecule has 0 unspecified atom stereocenters. The topological polar surface area (TPSA) is 67.8 Å². The molecule has 3 heterocycles. The Morgan fingerprint density at radius 2 is 1.92 bits per heavy atom. The highest BCUT2D eigenvalue weighted by Gasteiger charge is 2.14. The highest BCUT2D eigenvalue weighted by atomic mass is 32.1. The summed E-state index contributed by atoms with van der Waals surface area (Å²) in [5.74, 6) is -0.133. The Hall–Kier alpha value is -3.12. The number of pyridine rings is 2. The molecule has 4 rings (SSSR count). The lowest BCUT2D eigenvalue weighted by Crippen LogP contribution is -2.23. The van der Waals surface area contributed by atoms with Crippen molar-refractivity contribution in [2.45, 2.75) is 13.5 Å².